The van der Waals surface area contributed by atoms with Gasteiger partial charge in [-0.1, -0.05) is 0 Å². The molecule has 0 fully saturated rings. The highest BCUT2D eigenvalue weighted by atomic mass is 31.2. The Morgan fingerprint density at radius 2 is 1.88 bits per heavy atom. The Hall–Kier alpha value is -0.460. The van der Waals surface area contributed by atoms with Crippen LogP contribution in [0.4, 0.5) is 0 Å². The number of phosphoric ester groups is 1. The summed E-state index contributed by atoms with van der Waals surface area (Å²) in [5, 5.41) is 8.24. The minimum absolute atomic E-state index is 0.0584. The molecule has 0 aromatic heterocycles. The second kappa shape index (κ2) is 6.32. The van der Waals surface area contributed by atoms with Gasteiger partial charge in [-0.05, 0) is 0 Å². The smallest absolute Gasteiger partial charge is 0.472 e. The quantitative estimate of drug-likeness (QED) is 0.368. The van der Waals surface area contributed by atoms with E-state index in [1.165, 1.54) is 0 Å². The predicted molar refractivity (Wildman–Crippen MR) is 56.9 cm³/mol. The highest BCUT2D eigenvalue weighted by Gasteiger charge is 2.22. The molecule has 0 aliphatic carbocycles. The molecular weight excluding hydrogens is 237 g/mol. The third-order valence-electron chi connectivity index (χ3n) is 1.58. The molecule has 0 aliphatic rings. The van der Waals surface area contributed by atoms with Crippen molar-refractivity contribution in [1.29, 1.82) is 0 Å². The third-order valence-corrected chi connectivity index (χ3v) is 2.54. The molecule has 0 heterocycles. The third kappa shape index (κ3) is 10.1. The second-order valence-corrected chi connectivity index (χ2v) is 5.79. The zero-order chi connectivity index (χ0) is 12.8. The summed E-state index contributed by atoms with van der Waals surface area (Å²) in [5.74, 6) is -1.32. The van der Waals surface area contributed by atoms with E-state index in [4.69, 9.17) is 10.00 Å². The van der Waals surface area contributed by atoms with Crippen LogP contribution in [0, 0.1) is 0 Å². The zero-order valence-electron chi connectivity index (χ0n) is 9.75. The zero-order valence-corrected chi connectivity index (χ0v) is 10.6. The van der Waals surface area contributed by atoms with Crippen molar-refractivity contribution < 1.29 is 32.9 Å². The Kier molecular flexibility index (Phi) is 6.14. The number of hydrogen-bond acceptors (Lipinski definition) is 4. The lowest BCUT2D eigenvalue weighted by molar-refractivity contribution is -0.870. The van der Waals surface area contributed by atoms with Gasteiger partial charge in [0.1, 0.15) is 0 Å². The Morgan fingerprint density at radius 3 is 2.31 bits per heavy atom. The molecular formula is C8H19NO6P+. The predicted octanol–water partition coefficient (Wildman–Crippen LogP) is 0.301. The number of carboxylic acid groups (broad SMARTS) is 1. The lowest BCUT2D eigenvalue weighted by atomic mass is 10.4. The van der Waals surface area contributed by atoms with E-state index in [1.807, 2.05) is 21.1 Å². The Labute approximate surface area is 94.8 Å². The lowest BCUT2D eigenvalue weighted by Gasteiger charge is -2.23. The number of aliphatic carboxylic acids is 1. The summed E-state index contributed by atoms with van der Waals surface area (Å²) < 4.78 is 20.6. The van der Waals surface area contributed by atoms with Crippen LogP contribution < -0.4 is 0 Å². The van der Waals surface area contributed by atoms with Gasteiger partial charge < -0.3 is 14.5 Å². The van der Waals surface area contributed by atoms with E-state index >= 15 is 0 Å². The summed E-state index contributed by atoms with van der Waals surface area (Å²) in [6.45, 7) is -0.00897. The molecule has 0 amide bonds. The summed E-state index contributed by atoms with van der Waals surface area (Å²) >= 11 is 0. The van der Waals surface area contributed by atoms with Crippen LogP contribution in [-0.2, 0) is 18.4 Å². The van der Waals surface area contributed by atoms with Gasteiger partial charge >= 0.3 is 13.8 Å². The van der Waals surface area contributed by atoms with Crippen molar-refractivity contribution in [3.8, 4) is 0 Å². The lowest BCUT2D eigenvalue weighted by Crippen LogP contribution is -2.35. The van der Waals surface area contributed by atoms with Crippen molar-refractivity contribution in [1.82, 2.24) is 0 Å². The van der Waals surface area contributed by atoms with E-state index < -0.39 is 20.4 Å². The number of carboxylic acids is 1. The first kappa shape index (κ1) is 15.5. The van der Waals surface area contributed by atoms with Gasteiger partial charge in [0.2, 0.25) is 0 Å². The first-order chi connectivity index (χ1) is 7.12. The molecule has 0 aliphatic heterocycles. The molecule has 16 heavy (non-hydrogen) atoms. The van der Waals surface area contributed by atoms with Crippen LogP contribution in [-0.4, -0.2) is 61.4 Å². The van der Waals surface area contributed by atoms with Crippen LogP contribution in [0.25, 0.3) is 0 Å². The molecule has 8 heteroatoms. The summed E-state index contributed by atoms with van der Waals surface area (Å²) in [5.41, 5.74) is 0. The van der Waals surface area contributed by atoms with Crippen LogP contribution in [0.1, 0.15) is 6.42 Å². The molecule has 0 bridgehead atoms. The first-order valence-electron chi connectivity index (χ1n) is 4.76. The highest BCUT2D eigenvalue weighted by Crippen LogP contribution is 2.42. The Bertz CT molecular complexity index is 274. The van der Waals surface area contributed by atoms with E-state index in [-0.39, 0.29) is 6.61 Å². The molecule has 0 aromatic rings. The van der Waals surface area contributed by atoms with Gasteiger partial charge in [0.25, 0.3) is 0 Å². The topological polar surface area (TPSA) is 93.1 Å². The average Bonchev–Trinajstić information content (AvgIpc) is 2.08. The maximum atomic E-state index is 11.1. The van der Waals surface area contributed by atoms with Gasteiger partial charge in [-0.3, -0.25) is 9.05 Å². The fourth-order valence-corrected chi connectivity index (χ4v) is 1.60. The molecule has 96 valence electrons. The summed E-state index contributed by atoms with van der Waals surface area (Å²) in [4.78, 5) is 19.1. The molecule has 0 radical (unpaired) electrons. The van der Waals surface area contributed by atoms with Gasteiger partial charge in [-0.25, -0.2) is 9.36 Å². The summed E-state index contributed by atoms with van der Waals surface area (Å²) in [7, 11) is 1.74. The van der Waals surface area contributed by atoms with Crippen molar-refractivity contribution in [2.45, 2.75) is 6.42 Å². The monoisotopic (exact) mass is 256 g/mol. The first-order valence-corrected chi connectivity index (χ1v) is 6.26. The van der Waals surface area contributed by atoms with Crippen molar-refractivity contribution in [3.05, 3.63) is 0 Å². The van der Waals surface area contributed by atoms with Crippen LogP contribution in [0.15, 0.2) is 0 Å². The van der Waals surface area contributed by atoms with E-state index in [0.717, 1.165) is 11.0 Å². The number of nitrogens with zero attached hydrogens (tertiary/aromatic N) is 1. The van der Waals surface area contributed by atoms with Crippen molar-refractivity contribution in [2.24, 2.45) is 0 Å². The minimum Gasteiger partial charge on any atom is -0.480 e. The van der Waals surface area contributed by atoms with Crippen molar-refractivity contribution in [2.75, 3.05) is 40.9 Å². The molecule has 0 spiro atoms. The van der Waals surface area contributed by atoms with Crippen LogP contribution in [0.2, 0.25) is 0 Å². The fourth-order valence-electron chi connectivity index (χ4n) is 0.893. The van der Waals surface area contributed by atoms with Crippen molar-refractivity contribution in [3.63, 3.8) is 0 Å². The van der Waals surface area contributed by atoms with Gasteiger partial charge in [0.05, 0.1) is 34.3 Å². The van der Waals surface area contributed by atoms with Crippen LogP contribution in [0.3, 0.4) is 0 Å². The normalized spacial score (nSPS) is 15.8. The number of quaternary nitrogens is 1. The molecule has 0 aromatic carbocycles. The van der Waals surface area contributed by atoms with Crippen LogP contribution in [0.5, 0.6) is 0 Å². The van der Waals surface area contributed by atoms with E-state index in [0.29, 0.717) is 6.42 Å². The molecule has 1 unspecified atom stereocenters. The Morgan fingerprint density at radius 1 is 1.31 bits per heavy atom. The number of rotatable bonds is 8. The van der Waals surface area contributed by atoms with Gasteiger partial charge in [-0.2, -0.15) is 0 Å². The number of hydrogen-bond donors (Lipinski definition) is 2. The molecule has 7 nitrogen and oxygen atoms in total. The van der Waals surface area contributed by atoms with Crippen molar-refractivity contribution >= 4 is 13.8 Å². The minimum atomic E-state index is -4.22. The average molecular weight is 256 g/mol. The molecule has 0 saturated carbocycles. The van der Waals surface area contributed by atoms with E-state index in [2.05, 4.69) is 9.05 Å². The van der Waals surface area contributed by atoms with Crippen LogP contribution >= 0.6 is 7.82 Å². The Balaban J connectivity index is 3.74. The molecule has 1 atom stereocenters. The standard InChI is InChI=1S/C8H18NO6P/c1-9(2,3)5-4-6-14-16(12,13)15-7-8(10)11/h4-7H2,1-3H3,(H-,10,11,12,13)/p+1. The SMILES string of the molecule is C[N+](C)(C)CCCOP(=O)(O)OCC(=O)O. The maximum Gasteiger partial charge on any atom is 0.472 e. The highest BCUT2D eigenvalue weighted by molar-refractivity contribution is 7.47. The van der Waals surface area contributed by atoms with Gasteiger partial charge in [0.15, 0.2) is 6.61 Å². The molecule has 0 saturated heterocycles. The van der Waals surface area contributed by atoms with Gasteiger partial charge in [0, 0.05) is 6.42 Å². The maximum absolute atomic E-state index is 11.1. The number of carbonyl (C=O) groups is 1. The second-order valence-electron chi connectivity index (χ2n) is 4.34. The largest absolute Gasteiger partial charge is 0.480 e. The summed E-state index contributed by atoms with van der Waals surface area (Å²) in [6, 6.07) is 0. The van der Waals surface area contributed by atoms with Gasteiger partial charge in [-0.15, -0.1) is 0 Å². The summed E-state index contributed by atoms with van der Waals surface area (Å²) in [6.07, 6.45) is 0.588. The van der Waals surface area contributed by atoms with E-state index in [9.17, 15) is 9.36 Å². The fraction of sp³-hybridized carbons (Fsp3) is 0.875. The molecule has 2 N–H and O–H groups in total. The molecule has 0 rings (SSSR count). The number of phosphoric acid groups is 1. The van der Waals surface area contributed by atoms with E-state index in [1.54, 1.807) is 0 Å².